The van der Waals surface area contributed by atoms with Crippen LogP contribution in [0.1, 0.15) is 17.2 Å². The second-order valence-electron chi connectivity index (χ2n) is 2.84. The topological polar surface area (TPSA) is 63.3 Å². The van der Waals surface area contributed by atoms with Crippen LogP contribution in [-0.4, -0.2) is 11.1 Å². The van der Waals surface area contributed by atoms with E-state index in [9.17, 15) is 4.79 Å². The molecule has 0 saturated carbocycles. The molecular formula is C9H11Cl2NO2. The second kappa shape index (κ2) is 5.20. The van der Waals surface area contributed by atoms with E-state index in [0.717, 1.165) is 5.56 Å². The van der Waals surface area contributed by atoms with Crippen LogP contribution >= 0.6 is 24.0 Å². The molecular weight excluding hydrogens is 225 g/mol. The normalized spacial score (nSPS) is 11.6. The molecule has 1 rings (SSSR count). The van der Waals surface area contributed by atoms with Crippen molar-refractivity contribution in [1.29, 1.82) is 0 Å². The van der Waals surface area contributed by atoms with Crippen LogP contribution in [-0.2, 0) is 4.79 Å². The number of halogens is 2. The molecule has 3 N–H and O–H groups in total. The lowest BCUT2D eigenvalue weighted by molar-refractivity contribution is -0.138. The summed E-state index contributed by atoms with van der Waals surface area (Å²) in [4.78, 5) is 10.6. The fourth-order valence-electron chi connectivity index (χ4n) is 1.02. The number of carbonyl (C=O) groups is 1. The number of hydrogen-bond donors (Lipinski definition) is 2. The quantitative estimate of drug-likeness (QED) is 0.826. The lowest BCUT2D eigenvalue weighted by Gasteiger charge is -2.08. The Morgan fingerprint density at radius 2 is 2.14 bits per heavy atom. The van der Waals surface area contributed by atoms with Crippen molar-refractivity contribution < 1.29 is 9.90 Å². The Kier molecular flexibility index (Phi) is 4.91. The van der Waals surface area contributed by atoms with Crippen LogP contribution in [0.3, 0.4) is 0 Å². The van der Waals surface area contributed by atoms with Crippen LogP contribution < -0.4 is 5.73 Å². The van der Waals surface area contributed by atoms with Gasteiger partial charge in [0.2, 0.25) is 0 Å². The molecule has 0 radical (unpaired) electrons. The Balaban J connectivity index is 0.00000169. The SMILES string of the molecule is Cc1ccc([C@H](N)C(=O)O)c(Cl)c1.Cl. The molecule has 1 aromatic carbocycles. The molecule has 0 fully saturated rings. The first-order chi connectivity index (χ1) is 6.02. The molecule has 1 atom stereocenters. The summed E-state index contributed by atoms with van der Waals surface area (Å²) in [5.41, 5.74) is 6.83. The van der Waals surface area contributed by atoms with E-state index in [2.05, 4.69) is 0 Å². The van der Waals surface area contributed by atoms with Crippen LogP contribution in [0.2, 0.25) is 5.02 Å². The minimum Gasteiger partial charge on any atom is -0.480 e. The first-order valence-electron chi connectivity index (χ1n) is 3.77. The molecule has 1 aromatic rings. The predicted octanol–water partition coefficient (Wildman–Crippen LogP) is 2.15. The number of aliphatic carboxylic acids is 1. The summed E-state index contributed by atoms with van der Waals surface area (Å²) in [7, 11) is 0. The van der Waals surface area contributed by atoms with Crippen LogP contribution in [0, 0.1) is 6.92 Å². The van der Waals surface area contributed by atoms with Gasteiger partial charge in [0.25, 0.3) is 0 Å². The van der Waals surface area contributed by atoms with E-state index in [1.807, 2.05) is 6.92 Å². The Morgan fingerprint density at radius 3 is 2.57 bits per heavy atom. The van der Waals surface area contributed by atoms with Crippen molar-refractivity contribution in [2.24, 2.45) is 5.73 Å². The van der Waals surface area contributed by atoms with Gasteiger partial charge in [-0.1, -0.05) is 23.7 Å². The number of carboxylic acids is 1. The predicted molar refractivity (Wildman–Crippen MR) is 58.0 cm³/mol. The van der Waals surface area contributed by atoms with Gasteiger partial charge in [-0.05, 0) is 24.1 Å². The summed E-state index contributed by atoms with van der Waals surface area (Å²) in [6.45, 7) is 1.88. The molecule has 14 heavy (non-hydrogen) atoms. The maximum absolute atomic E-state index is 10.6. The van der Waals surface area contributed by atoms with Crippen molar-refractivity contribution >= 4 is 30.0 Å². The highest BCUT2D eigenvalue weighted by Gasteiger charge is 2.16. The number of rotatable bonds is 2. The number of hydrogen-bond acceptors (Lipinski definition) is 2. The van der Waals surface area contributed by atoms with Gasteiger partial charge in [0.1, 0.15) is 6.04 Å². The van der Waals surface area contributed by atoms with Gasteiger partial charge in [0, 0.05) is 5.02 Å². The zero-order chi connectivity index (χ0) is 10.0. The van der Waals surface area contributed by atoms with E-state index in [1.165, 1.54) is 0 Å². The van der Waals surface area contributed by atoms with Crippen molar-refractivity contribution in [2.45, 2.75) is 13.0 Å². The lowest BCUT2D eigenvalue weighted by Crippen LogP contribution is -2.20. The van der Waals surface area contributed by atoms with Crippen molar-refractivity contribution in [3.63, 3.8) is 0 Å². The number of carboxylic acid groups (broad SMARTS) is 1. The molecule has 3 nitrogen and oxygen atoms in total. The Hall–Kier alpha value is -0.770. The standard InChI is InChI=1S/C9H10ClNO2.ClH/c1-5-2-3-6(7(10)4-5)8(11)9(12)13;/h2-4,8H,11H2,1H3,(H,12,13);1H/t8-;/m0./s1. The van der Waals surface area contributed by atoms with Gasteiger partial charge in [-0.15, -0.1) is 12.4 Å². The van der Waals surface area contributed by atoms with Gasteiger partial charge in [-0.25, -0.2) is 0 Å². The van der Waals surface area contributed by atoms with Crippen molar-refractivity contribution in [3.05, 3.63) is 34.3 Å². The maximum Gasteiger partial charge on any atom is 0.325 e. The molecule has 0 aromatic heterocycles. The first-order valence-corrected chi connectivity index (χ1v) is 4.14. The molecule has 0 heterocycles. The second-order valence-corrected chi connectivity index (χ2v) is 3.25. The Morgan fingerprint density at radius 1 is 1.57 bits per heavy atom. The largest absolute Gasteiger partial charge is 0.480 e. The minimum absolute atomic E-state index is 0. The van der Waals surface area contributed by atoms with Crippen LogP contribution in [0.15, 0.2) is 18.2 Å². The minimum atomic E-state index is -1.08. The molecule has 0 unspecified atom stereocenters. The number of nitrogens with two attached hydrogens (primary N) is 1. The van der Waals surface area contributed by atoms with Crippen molar-refractivity contribution in [2.75, 3.05) is 0 Å². The van der Waals surface area contributed by atoms with Crippen molar-refractivity contribution in [3.8, 4) is 0 Å². The first kappa shape index (κ1) is 13.2. The molecule has 5 heteroatoms. The van der Waals surface area contributed by atoms with E-state index >= 15 is 0 Å². The summed E-state index contributed by atoms with van der Waals surface area (Å²) >= 11 is 5.83. The third-order valence-electron chi connectivity index (χ3n) is 1.76. The van der Waals surface area contributed by atoms with Gasteiger partial charge in [0.05, 0.1) is 0 Å². The Bertz CT molecular complexity index is 342. The third kappa shape index (κ3) is 2.87. The van der Waals surface area contributed by atoms with Gasteiger partial charge in [-0.2, -0.15) is 0 Å². The zero-order valence-electron chi connectivity index (χ0n) is 7.53. The van der Waals surface area contributed by atoms with E-state index in [4.69, 9.17) is 22.4 Å². The maximum atomic E-state index is 10.6. The molecule has 0 aliphatic rings. The smallest absolute Gasteiger partial charge is 0.325 e. The summed E-state index contributed by atoms with van der Waals surface area (Å²) in [5.74, 6) is -1.08. The average molecular weight is 236 g/mol. The van der Waals surface area contributed by atoms with Gasteiger partial charge >= 0.3 is 5.97 Å². The number of aryl methyl sites for hydroxylation is 1. The van der Waals surface area contributed by atoms with Crippen LogP contribution in [0.5, 0.6) is 0 Å². The van der Waals surface area contributed by atoms with E-state index < -0.39 is 12.0 Å². The lowest BCUT2D eigenvalue weighted by atomic mass is 10.1. The average Bonchev–Trinajstić information content (AvgIpc) is 2.03. The van der Waals surface area contributed by atoms with Gasteiger partial charge < -0.3 is 10.8 Å². The fourth-order valence-corrected chi connectivity index (χ4v) is 1.37. The summed E-state index contributed by atoms with van der Waals surface area (Å²) < 4.78 is 0. The molecule has 0 aliphatic carbocycles. The van der Waals surface area contributed by atoms with Gasteiger partial charge in [-0.3, -0.25) is 4.79 Å². The summed E-state index contributed by atoms with van der Waals surface area (Å²) in [5, 5.41) is 9.04. The van der Waals surface area contributed by atoms with E-state index in [-0.39, 0.29) is 12.4 Å². The highest BCUT2D eigenvalue weighted by Crippen LogP contribution is 2.22. The Labute approximate surface area is 93.3 Å². The third-order valence-corrected chi connectivity index (χ3v) is 2.08. The molecule has 0 amide bonds. The highest BCUT2D eigenvalue weighted by molar-refractivity contribution is 6.31. The van der Waals surface area contributed by atoms with E-state index in [1.54, 1.807) is 18.2 Å². The van der Waals surface area contributed by atoms with Crippen molar-refractivity contribution in [1.82, 2.24) is 0 Å². The summed E-state index contributed by atoms with van der Waals surface area (Å²) in [6, 6.07) is 4.06. The van der Waals surface area contributed by atoms with Gasteiger partial charge in [0.15, 0.2) is 0 Å². The molecule has 0 saturated heterocycles. The van der Waals surface area contributed by atoms with Crippen LogP contribution in [0.4, 0.5) is 0 Å². The fraction of sp³-hybridized carbons (Fsp3) is 0.222. The summed E-state index contributed by atoms with van der Waals surface area (Å²) in [6.07, 6.45) is 0. The van der Waals surface area contributed by atoms with E-state index in [0.29, 0.717) is 10.6 Å². The van der Waals surface area contributed by atoms with Crippen LogP contribution in [0.25, 0.3) is 0 Å². The molecule has 0 aliphatic heterocycles. The zero-order valence-corrected chi connectivity index (χ0v) is 9.10. The highest BCUT2D eigenvalue weighted by atomic mass is 35.5. The molecule has 0 spiro atoms. The monoisotopic (exact) mass is 235 g/mol. The molecule has 78 valence electrons. The molecule has 0 bridgehead atoms. The number of benzene rings is 1.